The number of hydrogen-bond acceptors (Lipinski definition) is 4. The molecule has 0 aliphatic carbocycles. The van der Waals surface area contributed by atoms with Crippen LogP contribution >= 0.6 is 11.8 Å². The molecule has 0 spiro atoms. The van der Waals surface area contributed by atoms with Gasteiger partial charge >= 0.3 is 0 Å². The van der Waals surface area contributed by atoms with Gasteiger partial charge in [-0.25, -0.2) is 4.98 Å². The highest BCUT2D eigenvalue weighted by atomic mass is 32.2. The largest absolute Gasteiger partial charge is 0.325 e. The quantitative estimate of drug-likeness (QED) is 0.584. The Morgan fingerprint density at radius 2 is 2.12 bits per heavy atom. The lowest BCUT2D eigenvalue weighted by Gasteiger charge is -2.16. The predicted octanol–water partition coefficient (Wildman–Crippen LogP) is 3.71. The minimum absolute atomic E-state index is 0.0995. The standard InChI is InChI=1S/C19H25N3O2S/c1-5-8-15-11-16(23)21-19(20-15)25-13(4)18(24)22-17-12(3)9-7-10-14(17)6-2/h7,9-11,13H,5-6,8H2,1-4H3,(H,22,24)(H,20,21,23)/t13-/m1/s1. The Hall–Kier alpha value is -2.08. The maximum absolute atomic E-state index is 12.6. The monoisotopic (exact) mass is 359 g/mol. The van der Waals surface area contributed by atoms with Crippen molar-refractivity contribution in [3.63, 3.8) is 0 Å². The zero-order valence-electron chi connectivity index (χ0n) is 15.2. The van der Waals surface area contributed by atoms with Gasteiger partial charge in [0.15, 0.2) is 5.16 Å². The van der Waals surface area contributed by atoms with E-state index in [4.69, 9.17) is 0 Å². The van der Waals surface area contributed by atoms with Gasteiger partial charge in [0.25, 0.3) is 5.56 Å². The lowest BCUT2D eigenvalue weighted by molar-refractivity contribution is -0.115. The first-order chi connectivity index (χ1) is 11.9. The lowest BCUT2D eigenvalue weighted by atomic mass is 10.1. The molecule has 0 saturated heterocycles. The van der Waals surface area contributed by atoms with E-state index in [1.165, 1.54) is 17.8 Å². The summed E-state index contributed by atoms with van der Waals surface area (Å²) in [6, 6.07) is 7.52. The number of nitrogens with zero attached hydrogens (tertiary/aromatic N) is 1. The van der Waals surface area contributed by atoms with Gasteiger partial charge in [-0.1, -0.05) is 50.2 Å². The molecule has 6 heteroatoms. The molecule has 2 N–H and O–H groups in total. The molecule has 5 nitrogen and oxygen atoms in total. The van der Waals surface area contributed by atoms with Crippen molar-refractivity contribution in [1.82, 2.24) is 9.97 Å². The number of anilines is 1. The molecule has 134 valence electrons. The third-order valence-electron chi connectivity index (χ3n) is 3.92. The van der Waals surface area contributed by atoms with Crippen LogP contribution in [0.5, 0.6) is 0 Å². The second-order valence-corrected chi connectivity index (χ2v) is 7.33. The maximum Gasteiger partial charge on any atom is 0.251 e. The SMILES string of the molecule is CCCc1cc(=O)[nH]c(S[C@H](C)C(=O)Nc2c(C)cccc2CC)n1. The van der Waals surface area contributed by atoms with E-state index in [-0.39, 0.29) is 16.7 Å². The molecule has 0 radical (unpaired) electrons. The summed E-state index contributed by atoms with van der Waals surface area (Å²) >= 11 is 1.27. The van der Waals surface area contributed by atoms with Gasteiger partial charge in [0, 0.05) is 17.4 Å². The zero-order valence-corrected chi connectivity index (χ0v) is 16.0. The molecular formula is C19H25N3O2S. The summed E-state index contributed by atoms with van der Waals surface area (Å²) in [5.74, 6) is -0.0995. The van der Waals surface area contributed by atoms with Gasteiger partial charge in [-0.15, -0.1) is 0 Å². The Labute approximate surface area is 152 Å². The lowest BCUT2D eigenvalue weighted by Crippen LogP contribution is -2.24. The van der Waals surface area contributed by atoms with Gasteiger partial charge in [-0.2, -0.15) is 0 Å². The number of para-hydroxylation sites is 1. The summed E-state index contributed by atoms with van der Waals surface area (Å²) < 4.78 is 0. The van der Waals surface area contributed by atoms with Crippen molar-refractivity contribution in [1.29, 1.82) is 0 Å². The number of aromatic amines is 1. The third-order valence-corrected chi connectivity index (χ3v) is 4.91. The predicted molar refractivity (Wildman–Crippen MR) is 103 cm³/mol. The van der Waals surface area contributed by atoms with E-state index in [2.05, 4.69) is 22.2 Å². The number of thioether (sulfide) groups is 1. The molecule has 25 heavy (non-hydrogen) atoms. The Morgan fingerprint density at radius 1 is 1.36 bits per heavy atom. The molecule has 2 rings (SSSR count). The number of amides is 1. The summed E-state index contributed by atoms with van der Waals surface area (Å²) in [5, 5.41) is 3.14. The summed E-state index contributed by atoms with van der Waals surface area (Å²) in [7, 11) is 0. The Balaban J connectivity index is 2.12. The zero-order chi connectivity index (χ0) is 18.4. The van der Waals surface area contributed by atoms with Crippen molar-refractivity contribution in [2.75, 3.05) is 5.32 Å². The van der Waals surface area contributed by atoms with E-state index >= 15 is 0 Å². The van der Waals surface area contributed by atoms with E-state index in [1.54, 1.807) is 0 Å². The fraction of sp³-hybridized carbons (Fsp3) is 0.421. The molecule has 1 atom stereocenters. The van der Waals surface area contributed by atoms with Gasteiger partial charge in [0.2, 0.25) is 5.91 Å². The smallest absolute Gasteiger partial charge is 0.251 e. The van der Waals surface area contributed by atoms with Gasteiger partial charge in [-0.05, 0) is 37.8 Å². The van der Waals surface area contributed by atoms with E-state index < -0.39 is 0 Å². The number of carbonyl (C=O) groups is 1. The molecule has 0 bridgehead atoms. The van der Waals surface area contributed by atoms with Crippen LogP contribution in [0.25, 0.3) is 0 Å². The number of benzene rings is 1. The van der Waals surface area contributed by atoms with Crippen molar-refractivity contribution in [2.24, 2.45) is 0 Å². The number of rotatable bonds is 7. The molecule has 1 aromatic carbocycles. The number of H-pyrrole nitrogens is 1. The molecule has 0 fully saturated rings. The van der Waals surface area contributed by atoms with Crippen LogP contribution in [0.3, 0.4) is 0 Å². The Morgan fingerprint density at radius 3 is 2.80 bits per heavy atom. The maximum atomic E-state index is 12.6. The summed E-state index contributed by atoms with van der Waals surface area (Å²) in [6.45, 7) is 7.91. The Kier molecular flexibility index (Phi) is 6.82. The van der Waals surface area contributed by atoms with Crippen molar-refractivity contribution >= 4 is 23.4 Å². The van der Waals surface area contributed by atoms with Crippen LogP contribution in [0.1, 0.15) is 44.0 Å². The average Bonchev–Trinajstić information content (AvgIpc) is 2.56. The highest BCUT2D eigenvalue weighted by molar-refractivity contribution is 8.00. The summed E-state index contributed by atoms with van der Waals surface area (Å²) in [6.07, 6.45) is 2.53. The van der Waals surface area contributed by atoms with Gasteiger partial charge < -0.3 is 10.3 Å². The molecule has 1 heterocycles. The van der Waals surface area contributed by atoms with Crippen LogP contribution in [-0.2, 0) is 17.6 Å². The summed E-state index contributed by atoms with van der Waals surface area (Å²) in [5.41, 5.74) is 3.61. The molecule has 0 unspecified atom stereocenters. The van der Waals surface area contributed by atoms with Gasteiger partial charge in [0.1, 0.15) is 0 Å². The van der Waals surface area contributed by atoms with Crippen LogP contribution in [-0.4, -0.2) is 21.1 Å². The minimum Gasteiger partial charge on any atom is -0.325 e. The molecule has 1 amide bonds. The highest BCUT2D eigenvalue weighted by Gasteiger charge is 2.18. The topological polar surface area (TPSA) is 74.8 Å². The second kappa shape index (κ2) is 8.85. The third kappa shape index (κ3) is 5.19. The van der Waals surface area contributed by atoms with Crippen LogP contribution in [0.2, 0.25) is 0 Å². The van der Waals surface area contributed by atoms with E-state index in [9.17, 15) is 9.59 Å². The number of carbonyl (C=O) groups excluding carboxylic acids is 1. The first-order valence-electron chi connectivity index (χ1n) is 8.60. The number of aromatic nitrogens is 2. The fourth-order valence-corrected chi connectivity index (χ4v) is 3.40. The van der Waals surface area contributed by atoms with Crippen molar-refractivity contribution in [3.05, 3.63) is 51.4 Å². The number of nitrogens with one attached hydrogen (secondary N) is 2. The van der Waals surface area contributed by atoms with Crippen molar-refractivity contribution < 1.29 is 4.79 Å². The molecular weight excluding hydrogens is 334 g/mol. The molecule has 0 aliphatic heterocycles. The van der Waals surface area contributed by atoms with Crippen LogP contribution in [0.15, 0.2) is 34.2 Å². The average molecular weight is 359 g/mol. The minimum atomic E-state index is -0.371. The first-order valence-corrected chi connectivity index (χ1v) is 9.48. The van der Waals surface area contributed by atoms with Crippen LogP contribution in [0.4, 0.5) is 5.69 Å². The molecule has 2 aromatic rings. The van der Waals surface area contributed by atoms with Gasteiger partial charge in [0.05, 0.1) is 5.25 Å². The van der Waals surface area contributed by atoms with E-state index in [0.717, 1.165) is 41.8 Å². The highest BCUT2D eigenvalue weighted by Crippen LogP contribution is 2.24. The van der Waals surface area contributed by atoms with Crippen molar-refractivity contribution in [2.45, 2.75) is 57.4 Å². The Bertz CT molecular complexity index is 801. The fourth-order valence-electron chi connectivity index (χ4n) is 2.57. The van der Waals surface area contributed by atoms with Crippen LogP contribution in [0, 0.1) is 6.92 Å². The first kappa shape index (κ1) is 19.2. The van der Waals surface area contributed by atoms with Crippen molar-refractivity contribution in [3.8, 4) is 0 Å². The normalized spacial score (nSPS) is 12.0. The van der Waals surface area contributed by atoms with Crippen LogP contribution < -0.4 is 10.9 Å². The molecule has 0 saturated carbocycles. The second-order valence-electron chi connectivity index (χ2n) is 6.00. The van der Waals surface area contributed by atoms with E-state index in [1.807, 2.05) is 39.0 Å². The van der Waals surface area contributed by atoms with E-state index in [0.29, 0.717) is 5.16 Å². The number of aryl methyl sites for hydroxylation is 3. The van der Waals surface area contributed by atoms with Gasteiger partial charge in [-0.3, -0.25) is 9.59 Å². The summed E-state index contributed by atoms with van der Waals surface area (Å²) in [4.78, 5) is 31.5. The molecule has 0 aliphatic rings. The number of hydrogen-bond donors (Lipinski definition) is 2. The molecule has 1 aromatic heterocycles.